The number of anilines is 2. The summed E-state index contributed by atoms with van der Waals surface area (Å²) in [5.41, 5.74) is 1.44. The number of ether oxygens (including phenoxy) is 2. The molecule has 1 aromatic heterocycles. The van der Waals surface area contributed by atoms with Crippen LogP contribution in [0.15, 0.2) is 48.7 Å². The van der Waals surface area contributed by atoms with Gasteiger partial charge in [-0.05, 0) is 42.0 Å². The van der Waals surface area contributed by atoms with Gasteiger partial charge in [0.25, 0.3) is 0 Å². The highest BCUT2D eigenvalue weighted by Gasteiger charge is 2.11. The second-order valence-electron chi connectivity index (χ2n) is 5.80. The van der Waals surface area contributed by atoms with Crippen molar-refractivity contribution in [3.63, 3.8) is 0 Å². The van der Waals surface area contributed by atoms with Crippen molar-refractivity contribution < 1.29 is 13.9 Å². The number of hydrogen-bond donors (Lipinski definition) is 2. The van der Waals surface area contributed by atoms with Crippen LogP contribution in [0.3, 0.4) is 0 Å². The van der Waals surface area contributed by atoms with Crippen molar-refractivity contribution in [2.45, 2.75) is 6.54 Å². The molecule has 3 rings (SSSR count). The number of aromatic nitrogens is 2. The van der Waals surface area contributed by atoms with E-state index in [-0.39, 0.29) is 5.82 Å². The molecule has 0 bridgehead atoms. The van der Waals surface area contributed by atoms with Crippen LogP contribution in [0.25, 0.3) is 0 Å². The van der Waals surface area contributed by atoms with E-state index in [9.17, 15) is 4.39 Å². The lowest BCUT2D eigenvalue weighted by molar-refractivity contribution is 0.395. The molecule has 2 N–H and O–H groups in total. The fraction of sp³-hybridized carbons (Fsp3) is 0.158. The predicted octanol–water partition coefficient (Wildman–Crippen LogP) is 4.55. The van der Waals surface area contributed by atoms with Gasteiger partial charge in [0.1, 0.15) is 22.3 Å². The van der Waals surface area contributed by atoms with Gasteiger partial charge in [0.2, 0.25) is 0 Å². The van der Waals surface area contributed by atoms with Gasteiger partial charge < -0.3 is 20.1 Å². The number of hydrogen-bond acceptors (Lipinski definition) is 4. The van der Waals surface area contributed by atoms with Crippen LogP contribution in [-0.2, 0) is 6.54 Å². The zero-order chi connectivity index (χ0) is 20.1. The molecule has 0 atom stereocenters. The number of nitrogens with one attached hydrogen (secondary N) is 2. The minimum atomic E-state index is -0.298. The summed E-state index contributed by atoms with van der Waals surface area (Å²) in [6.45, 7) is 0.381. The lowest BCUT2D eigenvalue weighted by atomic mass is 10.2. The zero-order valence-corrected chi connectivity index (χ0v) is 16.8. The lowest BCUT2D eigenvalue weighted by Gasteiger charge is -2.13. The summed E-state index contributed by atoms with van der Waals surface area (Å²) in [6, 6.07) is 11.6. The van der Waals surface area contributed by atoms with E-state index in [1.165, 1.54) is 12.1 Å². The number of rotatable bonds is 6. The van der Waals surface area contributed by atoms with Gasteiger partial charge in [-0.15, -0.1) is 0 Å². The van der Waals surface area contributed by atoms with Gasteiger partial charge in [-0.2, -0.15) is 5.10 Å². The molecular formula is C19H18ClFN4O2S. The number of methoxy groups -OCH3 is 2. The third kappa shape index (κ3) is 4.90. The second kappa shape index (κ2) is 8.90. The molecule has 0 spiro atoms. The van der Waals surface area contributed by atoms with E-state index in [1.807, 2.05) is 6.07 Å². The number of benzene rings is 2. The molecule has 0 saturated heterocycles. The van der Waals surface area contributed by atoms with E-state index in [0.717, 1.165) is 5.56 Å². The van der Waals surface area contributed by atoms with Crippen molar-refractivity contribution in [3.8, 4) is 11.5 Å². The molecule has 0 aliphatic carbocycles. The number of halogens is 2. The molecule has 0 radical (unpaired) electrons. The molecule has 0 saturated carbocycles. The van der Waals surface area contributed by atoms with Crippen LogP contribution in [0.2, 0.25) is 5.02 Å². The molecule has 0 aliphatic rings. The van der Waals surface area contributed by atoms with Crippen LogP contribution < -0.4 is 20.1 Å². The van der Waals surface area contributed by atoms with E-state index in [0.29, 0.717) is 39.7 Å². The summed E-state index contributed by atoms with van der Waals surface area (Å²) in [7, 11) is 3.14. The molecule has 0 fully saturated rings. The first-order valence-corrected chi connectivity index (χ1v) is 9.04. The van der Waals surface area contributed by atoms with Gasteiger partial charge in [-0.1, -0.05) is 23.7 Å². The molecule has 3 aromatic rings. The van der Waals surface area contributed by atoms with Gasteiger partial charge in [-0.25, -0.2) is 4.39 Å². The quantitative estimate of drug-likeness (QED) is 0.570. The smallest absolute Gasteiger partial charge is 0.176 e. The van der Waals surface area contributed by atoms with Crippen LogP contribution in [0.1, 0.15) is 5.56 Å². The lowest BCUT2D eigenvalue weighted by Crippen LogP contribution is -2.20. The third-order valence-electron chi connectivity index (χ3n) is 3.84. The SMILES string of the molecule is COc1ccc(NC(=S)Nc2nn(Cc3cccc(F)c3)cc2Cl)c(OC)c1. The van der Waals surface area contributed by atoms with E-state index >= 15 is 0 Å². The van der Waals surface area contributed by atoms with E-state index in [4.69, 9.17) is 33.3 Å². The van der Waals surface area contributed by atoms with Crippen LogP contribution in [0, 0.1) is 5.82 Å². The standard InChI is InChI=1S/C19H18ClFN4O2S/c1-26-14-6-7-16(17(9-14)27-2)22-19(28)23-18-15(20)11-25(24-18)10-12-4-3-5-13(21)8-12/h3-9,11H,10H2,1-2H3,(H2,22,23,24,28). The first-order chi connectivity index (χ1) is 13.5. The average molecular weight is 421 g/mol. The maximum Gasteiger partial charge on any atom is 0.176 e. The fourth-order valence-electron chi connectivity index (χ4n) is 2.55. The molecule has 28 heavy (non-hydrogen) atoms. The minimum Gasteiger partial charge on any atom is -0.497 e. The van der Waals surface area contributed by atoms with Crippen LogP contribution in [0.4, 0.5) is 15.9 Å². The van der Waals surface area contributed by atoms with Crippen molar-refractivity contribution in [1.82, 2.24) is 9.78 Å². The molecule has 9 heteroatoms. The third-order valence-corrected chi connectivity index (χ3v) is 4.32. The Morgan fingerprint density at radius 3 is 2.71 bits per heavy atom. The molecule has 0 unspecified atom stereocenters. The van der Waals surface area contributed by atoms with Gasteiger partial charge in [-0.3, -0.25) is 4.68 Å². The monoisotopic (exact) mass is 420 g/mol. The van der Waals surface area contributed by atoms with Crippen LogP contribution in [0.5, 0.6) is 11.5 Å². The van der Waals surface area contributed by atoms with Gasteiger partial charge >= 0.3 is 0 Å². The van der Waals surface area contributed by atoms with Gasteiger partial charge in [0, 0.05) is 12.3 Å². The van der Waals surface area contributed by atoms with Crippen LogP contribution in [-0.4, -0.2) is 29.1 Å². The average Bonchev–Trinajstić information content (AvgIpc) is 3.00. The van der Waals surface area contributed by atoms with E-state index in [2.05, 4.69) is 15.7 Å². The van der Waals surface area contributed by atoms with Gasteiger partial charge in [0.15, 0.2) is 10.9 Å². The summed E-state index contributed by atoms with van der Waals surface area (Å²) in [4.78, 5) is 0. The minimum absolute atomic E-state index is 0.293. The van der Waals surface area contributed by atoms with Crippen molar-refractivity contribution in [2.75, 3.05) is 24.9 Å². The summed E-state index contributed by atoms with van der Waals surface area (Å²) in [5, 5.41) is 11.0. The first kappa shape index (κ1) is 19.9. The summed E-state index contributed by atoms with van der Waals surface area (Å²) < 4.78 is 25.5. The van der Waals surface area contributed by atoms with Crippen molar-refractivity contribution in [2.24, 2.45) is 0 Å². The zero-order valence-electron chi connectivity index (χ0n) is 15.2. The normalized spacial score (nSPS) is 10.4. The number of nitrogens with zero attached hydrogens (tertiary/aromatic N) is 2. The maximum absolute atomic E-state index is 13.3. The van der Waals surface area contributed by atoms with Crippen LogP contribution >= 0.6 is 23.8 Å². The first-order valence-electron chi connectivity index (χ1n) is 8.26. The van der Waals surface area contributed by atoms with Gasteiger partial charge in [0.05, 0.1) is 26.5 Å². The second-order valence-corrected chi connectivity index (χ2v) is 6.61. The molecule has 2 aromatic carbocycles. The highest BCUT2D eigenvalue weighted by molar-refractivity contribution is 7.80. The molecular weight excluding hydrogens is 403 g/mol. The molecule has 0 aliphatic heterocycles. The highest BCUT2D eigenvalue weighted by Crippen LogP contribution is 2.29. The summed E-state index contributed by atoms with van der Waals surface area (Å²) in [6.07, 6.45) is 1.64. The van der Waals surface area contributed by atoms with E-state index in [1.54, 1.807) is 49.4 Å². The van der Waals surface area contributed by atoms with Crippen molar-refractivity contribution >= 4 is 40.4 Å². The summed E-state index contributed by atoms with van der Waals surface area (Å²) >= 11 is 11.6. The predicted molar refractivity (Wildman–Crippen MR) is 112 cm³/mol. The Morgan fingerprint density at radius 2 is 2.00 bits per heavy atom. The molecule has 146 valence electrons. The Balaban J connectivity index is 1.68. The molecule has 6 nitrogen and oxygen atoms in total. The highest BCUT2D eigenvalue weighted by atomic mass is 35.5. The largest absolute Gasteiger partial charge is 0.497 e. The number of thiocarbonyl (C=S) groups is 1. The maximum atomic E-state index is 13.3. The Bertz CT molecular complexity index is 996. The Labute approximate surface area is 172 Å². The Kier molecular flexibility index (Phi) is 6.33. The van der Waals surface area contributed by atoms with E-state index < -0.39 is 0 Å². The van der Waals surface area contributed by atoms with Crippen molar-refractivity contribution in [3.05, 3.63) is 65.1 Å². The molecule has 0 amide bonds. The topological polar surface area (TPSA) is 60.3 Å². The summed E-state index contributed by atoms with van der Waals surface area (Å²) in [5.74, 6) is 1.34. The fourth-order valence-corrected chi connectivity index (χ4v) is 2.95. The molecule has 1 heterocycles. The van der Waals surface area contributed by atoms with Crippen molar-refractivity contribution in [1.29, 1.82) is 0 Å². The Morgan fingerprint density at radius 1 is 1.18 bits per heavy atom. The Hall–Kier alpha value is -2.84.